The van der Waals surface area contributed by atoms with Crippen LogP contribution < -0.4 is 4.90 Å². The van der Waals surface area contributed by atoms with Crippen LogP contribution in [0.4, 0.5) is 5.69 Å². The van der Waals surface area contributed by atoms with E-state index in [1.807, 2.05) is 0 Å². The first kappa shape index (κ1) is 27.2. The van der Waals surface area contributed by atoms with Crippen LogP contribution in [-0.2, 0) is 0 Å². The normalized spacial score (nSPS) is 11.4. The molecule has 194 valence electrons. The third-order valence-corrected chi connectivity index (χ3v) is 7.57. The number of rotatable bonds is 11. The van der Waals surface area contributed by atoms with Crippen molar-refractivity contribution in [1.82, 2.24) is 0 Å². The van der Waals surface area contributed by atoms with Gasteiger partial charge >= 0.3 is 0 Å². The van der Waals surface area contributed by atoms with Gasteiger partial charge in [-0.25, -0.2) is 0 Å². The van der Waals surface area contributed by atoms with Crippen molar-refractivity contribution in [2.45, 2.75) is 46.5 Å². The van der Waals surface area contributed by atoms with E-state index in [-0.39, 0.29) is 0 Å². The lowest BCUT2D eigenvalue weighted by molar-refractivity contribution is 0.642. The Morgan fingerprint density at radius 3 is 1.32 bits per heavy atom. The van der Waals surface area contributed by atoms with E-state index in [2.05, 4.69) is 154 Å². The van der Waals surface area contributed by atoms with Crippen molar-refractivity contribution in [2.24, 2.45) is 0 Å². The minimum absolute atomic E-state index is 0.618. The van der Waals surface area contributed by atoms with Gasteiger partial charge in [-0.05, 0) is 83.7 Å². The number of hydrogen-bond donors (Lipinski definition) is 0. The van der Waals surface area contributed by atoms with Gasteiger partial charge in [-0.3, -0.25) is 0 Å². The number of hydrogen-bond acceptors (Lipinski definition) is 1. The molecule has 0 bridgehead atoms. The summed E-state index contributed by atoms with van der Waals surface area (Å²) in [5.41, 5.74) is 10.1. The van der Waals surface area contributed by atoms with E-state index in [0.29, 0.717) is 5.92 Å². The van der Waals surface area contributed by atoms with Gasteiger partial charge in [-0.1, -0.05) is 123 Å². The monoisotopic (exact) mass is 499 g/mol. The van der Waals surface area contributed by atoms with Gasteiger partial charge in [-0.15, -0.1) is 0 Å². The van der Waals surface area contributed by atoms with Crippen molar-refractivity contribution in [3.8, 4) is 0 Å². The third kappa shape index (κ3) is 6.53. The van der Waals surface area contributed by atoms with E-state index >= 15 is 0 Å². The van der Waals surface area contributed by atoms with Crippen LogP contribution in [0.5, 0.6) is 0 Å². The number of benzene rings is 4. The molecule has 0 atom stereocenters. The average molecular weight is 500 g/mol. The number of anilines is 1. The second-order valence-electron chi connectivity index (χ2n) is 9.75. The molecular formula is C37H41N. The standard InChI is InChI=1S/C37H41N/c1-5-29(6-2)30-19-21-33(22-20-30)37(34-23-25-35(26-24-34)38(7-3)8-4)28-27-36(31-15-11-9-12-16-31)32-17-13-10-14-18-32/h9-29H,5-8H2,1-4H3. The summed E-state index contributed by atoms with van der Waals surface area (Å²) in [6, 6.07) is 39.7. The van der Waals surface area contributed by atoms with E-state index in [0.717, 1.165) is 13.1 Å². The van der Waals surface area contributed by atoms with Gasteiger partial charge in [0.2, 0.25) is 0 Å². The zero-order chi connectivity index (χ0) is 26.7. The summed E-state index contributed by atoms with van der Waals surface area (Å²) >= 11 is 0. The van der Waals surface area contributed by atoms with E-state index in [4.69, 9.17) is 0 Å². The van der Waals surface area contributed by atoms with E-state index < -0.39 is 0 Å². The molecule has 1 nitrogen and oxygen atoms in total. The summed E-state index contributed by atoms with van der Waals surface area (Å²) in [5, 5.41) is 0. The summed E-state index contributed by atoms with van der Waals surface area (Å²) in [6.07, 6.45) is 6.93. The van der Waals surface area contributed by atoms with Crippen LogP contribution in [0.1, 0.15) is 74.3 Å². The van der Waals surface area contributed by atoms with Gasteiger partial charge in [0.15, 0.2) is 0 Å². The van der Waals surface area contributed by atoms with Crippen molar-refractivity contribution < 1.29 is 0 Å². The van der Waals surface area contributed by atoms with Crippen LogP contribution >= 0.6 is 0 Å². The first-order valence-corrected chi connectivity index (χ1v) is 14.2. The molecule has 4 aromatic rings. The second-order valence-corrected chi connectivity index (χ2v) is 9.75. The zero-order valence-electron chi connectivity index (χ0n) is 23.4. The largest absolute Gasteiger partial charge is 0.372 e. The fourth-order valence-corrected chi connectivity index (χ4v) is 5.26. The number of nitrogens with zero attached hydrogens (tertiary/aromatic N) is 1. The Morgan fingerprint density at radius 1 is 0.526 bits per heavy atom. The summed E-state index contributed by atoms with van der Waals surface area (Å²) in [6.45, 7) is 11.0. The van der Waals surface area contributed by atoms with Gasteiger partial charge in [0.1, 0.15) is 0 Å². The lowest BCUT2D eigenvalue weighted by Crippen LogP contribution is -2.21. The Labute approximate surface area is 230 Å². The first-order valence-electron chi connectivity index (χ1n) is 14.2. The lowest BCUT2D eigenvalue weighted by Gasteiger charge is -2.21. The molecule has 0 N–H and O–H groups in total. The van der Waals surface area contributed by atoms with Crippen LogP contribution in [0, 0.1) is 0 Å². The highest BCUT2D eigenvalue weighted by atomic mass is 15.1. The quantitative estimate of drug-likeness (QED) is 0.186. The molecule has 38 heavy (non-hydrogen) atoms. The van der Waals surface area contributed by atoms with Gasteiger partial charge in [0.25, 0.3) is 0 Å². The predicted octanol–water partition coefficient (Wildman–Crippen LogP) is 10.00. The second kappa shape index (κ2) is 13.6. The third-order valence-electron chi connectivity index (χ3n) is 7.57. The van der Waals surface area contributed by atoms with Gasteiger partial charge in [0.05, 0.1) is 0 Å². The lowest BCUT2D eigenvalue weighted by atomic mass is 9.90. The molecule has 0 fully saturated rings. The Balaban J connectivity index is 1.83. The predicted molar refractivity (Wildman–Crippen MR) is 167 cm³/mol. The molecule has 0 aliphatic heterocycles. The molecule has 0 saturated carbocycles. The van der Waals surface area contributed by atoms with E-state index in [9.17, 15) is 0 Å². The first-order chi connectivity index (χ1) is 18.7. The molecule has 0 spiro atoms. The van der Waals surface area contributed by atoms with Gasteiger partial charge in [-0.2, -0.15) is 0 Å². The minimum Gasteiger partial charge on any atom is -0.372 e. The molecule has 0 heterocycles. The molecule has 0 aliphatic carbocycles. The smallest absolute Gasteiger partial charge is 0.0366 e. The molecular weight excluding hydrogens is 458 g/mol. The fourth-order valence-electron chi connectivity index (χ4n) is 5.26. The van der Waals surface area contributed by atoms with Crippen LogP contribution in [-0.4, -0.2) is 13.1 Å². The van der Waals surface area contributed by atoms with Gasteiger partial charge < -0.3 is 4.90 Å². The summed E-state index contributed by atoms with van der Waals surface area (Å²) in [7, 11) is 0. The Kier molecular flexibility index (Phi) is 9.76. The van der Waals surface area contributed by atoms with E-state index in [1.54, 1.807) is 0 Å². The topological polar surface area (TPSA) is 3.24 Å². The average Bonchev–Trinajstić information content (AvgIpc) is 2.99. The maximum atomic E-state index is 2.39. The molecule has 0 aliphatic rings. The van der Waals surface area contributed by atoms with Crippen molar-refractivity contribution in [3.05, 3.63) is 149 Å². The maximum Gasteiger partial charge on any atom is 0.0366 e. The van der Waals surface area contributed by atoms with Crippen molar-refractivity contribution in [1.29, 1.82) is 0 Å². The SMILES string of the molecule is CCC(CC)c1ccc(C(=CC=C(c2ccccc2)c2ccccc2)c2ccc(N(CC)CC)cc2)cc1. The highest BCUT2D eigenvalue weighted by molar-refractivity contribution is 5.86. The highest BCUT2D eigenvalue weighted by Crippen LogP contribution is 2.31. The molecule has 0 saturated heterocycles. The van der Waals surface area contributed by atoms with Crippen LogP contribution in [0.3, 0.4) is 0 Å². The van der Waals surface area contributed by atoms with Crippen LogP contribution in [0.15, 0.2) is 121 Å². The van der Waals surface area contributed by atoms with E-state index in [1.165, 1.54) is 57.5 Å². The molecule has 0 radical (unpaired) electrons. The summed E-state index contributed by atoms with van der Waals surface area (Å²) in [4.78, 5) is 2.39. The fraction of sp³-hybridized carbons (Fsp3) is 0.243. The Hall–Kier alpha value is -3.84. The van der Waals surface area contributed by atoms with Crippen molar-refractivity contribution >= 4 is 16.8 Å². The molecule has 4 rings (SSSR count). The van der Waals surface area contributed by atoms with Crippen LogP contribution in [0.2, 0.25) is 0 Å². The summed E-state index contributed by atoms with van der Waals surface area (Å²) < 4.78 is 0. The van der Waals surface area contributed by atoms with Crippen LogP contribution in [0.25, 0.3) is 11.1 Å². The minimum atomic E-state index is 0.618. The summed E-state index contributed by atoms with van der Waals surface area (Å²) in [5.74, 6) is 0.618. The number of allylic oxidation sites excluding steroid dienone is 2. The maximum absolute atomic E-state index is 2.39. The van der Waals surface area contributed by atoms with Gasteiger partial charge in [0, 0.05) is 18.8 Å². The Morgan fingerprint density at radius 2 is 0.921 bits per heavy atom. The molecule has 0 aromatic heterocycles. The Bertz CT molecular complexity index is 1210. The highest BCUT2D eigenvalue weighted by Gasteiger charge is 2.11. The zero-order valence-corrected chi connectivity index (χ0v) is 23.4. The molecule has 1 heteroatoms. The molecule has 4 aromatic carbocycles. The molecule has 0 amide bonds. The molecule has 0 unspecified atom stereocenters. The van der Waals surface area contributed by atoms with Crippen molar-refractivity contribution in [3.63, 3.8) is 0 Å². The van der Waals surface area contributed by atoms with Crippen molar-refractivity contribution in [2.75, 3.05) is 18.0 Å².